The lowest BCUT2D eigenvalue weighted by Crippen LogP contribution is -2.52. The zero-order chi connectivity index (χ0) is 18.7. The smallest absolute Gasteiger partial charge is 0.340 e. The van der Waals surface area contributed by atoms with E-state index in [1.807, 2.05) is 0 Å². The molecule has 1 aliphatic carbocycles. The number of amides is 2. The predicted octanol–water partition coefficient (Wildman–Crippen LogP) is 0.892. The Morgan fingerprint density at radius 2 is 1.81 bits per heavy atom. The molecular weight excluding hydrogens is 336 g/mol. The van der Waals surface area contributed by atoms with Gasteiger partial charge in [-0.1, -0.05) is 0 Å². The highest BCUT2D eigenvalue weighted by Gasteiger charge is 2.28. The first-order valence-electron chi connectivity index (χ1n) is 8.92. The second-order valence-corrected chi connectivity index (χ2v) is 6.73. The van der Waals surface area contributed by atoms with Gasteiger partial charge in [-0.15, -0.1) is 0 Å². The largest absolute Gasteiger partial charge is 0.449 e. The fraction of sp³-hybridized carbons (Fsp3) is 0.556. The molecule has 1 saturated heterocycles. The average Bonchev–Trinajstić information content (AvgIpc) is 3.45. The molecule has 2 amide bonds. The number of nitrogens with zero attached hydrogens (tertiary/aromatic N) is 3. The number of carbonyl (C=O) groups is 3. The maximum atomic E-state index is 12.4. The number of hydrogen-bond acceptors (Lipinski definition) is 6. The molecule has 1 unspecified atom stereocenters. The number of hydrogen-bond donors (Lipinski definition) is 1. The lowest BCUT2D eigenvalue weighted by Gasteiger charge is -2.35. The topological polar surface area (TPSA) is 91.8 Å². The van der Waals surface area contributed by atoms with Crippen LogP contribution in [-0.2, 0) is 14.3 Å². The second-order valence-electron chi connectivity index (χ2n) is 6.73. The van der Waals surface area contributed by atoms with Crippen molar-refractivity contribution in [3.63, 3.8) is 0 Å². The minimum absolute atomic E-state index is 0.00342. The van der Waals surface area contributed by atoms with Gasteiger partial charge in [0.1, 0.15) is 5.82 Å². The summed E-state index contributed by atoms with van der Waals surface area (Å²) in [7, 11) is 0. The highest BCUT2D eigenvalue weighted by Crippen LogP contribution is 2.23. The van der Waals surface area contributed by atoms with Crippen LogP contribution in [0, 0.1) is 0 Å². The van der Waals surface area contributed by atoms with Crippen LogP contribution >= 0.6 is 0 Å². The van der Waals surface area contributed by atoms with Crippen LogP contribution in [0.15, 0.2) is 18.3 Å². The van der Waals surface area contributed by atoms with E-state index in [1.165, 1.54) is 13.1 Å². The molecule has 26 heavy (non-hydrogen) atoms. The quantitative estimate of drug-likeness (QED) is 0.784. The number of aromatic nitrogens is 1. The fourth-order valence-corrected chi connectivity index (χ4v) is 2.81. The highest BCUT2D eigenvalue weighted by molar-refractivity contribution is 5.92. The Morgan fingerprint density at radius 1 is 1.15 bits per heavy atom. The standard InChI is InChI=1S/C18H24N4O4/c1-12(17(24)22-9-7-21(8-10-22)13(2)23)26-18(25)14-3-6-16(19-11-14)20-15-4-5-15/h3,6,11-12,15H,4-5,7-10H2,1-2H3,(H,19,20). The molecular formula is C18H24N4O4. The number of rotatable bonds is 5. The molecule has 1 N–H and O–H groups in total. The molecule has 140 valence electrons. The number of esters is 1. The van der Waals surface area contributed by atoms with E-state index in [9.17, 15) is 14.4 Å². The summed E-state index contributed by atoms with van der Waals surface area (Å²) >= 11 is 0. The van der Waals surface area contributed by atoms with E-state index < -0.39 is 12.1 Å². The van der Waals surface area contributed by atoms with E-state index in [2.05, 4.69) is 10.3 Å². The van der Waals surface area contributed by atoms with Gasteiger partial charge in [0, 0.05) is 45.3 Å². The van der Waals surface area contributed by atoms with Crippen molar-refractivity contribution in [1.29, 1.82) is 0 Å². The Bertz CT molecular complexity index is 679. The molecule has 1 aromatic heterocycles. The number of nitrogens with one attached hydrogen (secondary N) is 1. The van der Waals surface area contributed by atoms with Crippen LogP contribution in [0.5, 0.6) is 0 Å². The molecule has 1 atom stereocenters. The molecule has 0 bridgehead atoms. The van der Waals surface area contributed by atoms with Crippen LogP contribution in [-0.4, -0.2) is 70.9 Å². The molecule has 1 aromatic rings. The second kappa shape index (κ2) is 7.72. The van der Waals surface area contributed by atoms with E-state index in [0.29, 0.717) is 37.8 Å². The Morgan fingerprint density at radius 3 is 2.35 bits per heavy atom. The molecule has 0 radical (unpaired) electrons. The Labute approximate surface area is 152 Å². The third-order valence-electron chi connectivity index (χ3n) is 4.60. The summed E-state index contributed by atoms with van der Waals surface area (Å²) in [6.45, 7) is 4.98. The normalized spacial score (nSPS) is 18.2. The summed E-state index contributed by atoms with van der Waals surface area (Å²) in [6, 6.07) is 3.87. The fourth-order valence-electron chi connectivity index (χ4n) is 2.81. The third-order valence-corrected chi connectivity index (χ3v) is 4.60. The minimum Gasteiger partial charge on any atom is -0.449 e. The van der Waals surface area contributed by atoms with Crippen molar-refractivity contribution >= 4 is 23.6 Å². The van der Waals surface area contributed by atoms with Crippen LogP contribution in [0.25, 0.3) is 0 Å². The molecule has 1 saturated carbocycles. The lowest BCUT2D eigenvalue weighted by atomic mass is 10.2. The van der Waals surface area contributed by atoms with Gasteiger partial charge in [-0.25, -0.2) is 9.78 Å². The molecule has 2 fully saturated rings. The van der Waals surface area contributed by atoms with Crippen molar-refractivity contribution in [2.75, 3.05) is 31.5 Å². The predicted molar refractivity (Wildman–Crippen MR) is 94.6 cm³/mol. The van der Waals surface area contributed by atoms with E-state index in [4.69, 9.17) is 4.74 Å². The van der Waals surface area contributed by atoms with Crippen molar-refractivity contribution < 1.29 is 19.1 Å². The molecule has 8 heteroatoms. The number of pyridine rings is 1. The van der Waals surface area contributed by atoms with Gasteiger partial charge < -0.3 is 19.9 Å². The molecule has 1 aliphatic heterocycles. The first-order valence-corrected chi connectivity index (χ1v) is 8.92. The zero-order valence-electron chi connectivity index (χ0n) is 15.1. The number of ether oxygens (including phenoxy) is 1. The summed E-state index contributed by atoms with van der Waals surface area (Å²) in [5, 5.41) is 3.24. The maximum absolute atomic E-state index is 12.4. The summed E-state index contributed by atoms with van der Waals surface area (Å²) < 4.78 is 5.29. The number of piperazine rings is 1. The number of carbonyl (C=O) groups excluding carboxylic acids is 3. The molecule has 0 aromatic carbocycles. The van der Waals surface area contributed by atoms with Crippen molar-refractivity contribution in [3.8, 4) is 0 Å². The summed E-state index contributed by atoms with van der Waals surface area (Å²) in [4.78, 5) is 43.5. The van der Waals surface area contributed by atoms with Gasteiger partial charge in [0.2, 0.25) is 5.91 Å². The zero-order valence-corrected chi connectivity index (χ0v) is 15.1. The van der Waals surface area contributed by atoms with Gasteiger partial charge in [-0.2, -0.15) is 0 Å². The summed E-state index contributed by atoms with van der Waals surface area (Å²) in [5.41, 5.74) is 0.312. The Balaban J connectivity index is 1.50. The third kappa shape index (κ3) is 4.50. The van der Waals surface area contributed by atoms with Gasteiger partial charge in [-0.3, -0.25) is 9.59 Å². The SMILES string of the molecule is CC(=O)N1CCN(C(=O)C(C)OC(=O)c2ccc(NC3CC3)nc2)CC1. The van der Waals surface area contributed by atoms with Crippen LogP contribution in [0.2, 0.25) is 0 Å². The van der Waals surface area contributed by atoms with Crippen LogP contribution in [0.3, 0.4) is 0 Å². The van der Waals surface area contributed by atoms with E-state index in [1.54, 1.807) is 28.9 Å². The Hall–Kier alpha value is -2.64. The van der Waals surface area contributed by atoms with Crippen molar-refractivity contribution in [2.24, 2.45) is 0 Å². The first-order chi connectivity index (χ1) is 12.4. The van der Waals surface area contributed by atoms with Gasteiger partial charge in [-0.05, 0) is 31.9 Å². The van der Waals surface area contributed by atoms with Gasteiger partial charge in [0.15, 0.2) is 6.10 Å². The molecule has 2 heterocycles. The first kappa shape index (κ1) is 18.2. The summed E-state index contributed by atoms with van der Waals surface area (Å²) in [6.07, 6.45) is 2.86. The monoisotopic (exact) mass is 360 g/mol. The average molecular weight is 360 g/mol. The van der Waals surface area contributed by atoms with E-state index in [-0.39, 0.29) is 11.8 Å². The van der Waals surface area contributed by atoms with Crippen molar-refractivity contribution in [1.82, 2.24) is 14.8 Å². The van der Waals surface area contributed by atoms with Gasteiger partial charge in [0.05, 0.1) is 5.56 Å². The van der Waals surface area contributed by atoms with Crippen molar-refractivity contribution in [2.45, 2.75) is 38.8 Å². The summed E-state index contributed by atoms with van der Waals surface area (Å²) in [5.74, 6) is -0.0829. The van der Waals surface area contributed by atoms with Gasteiger partial charge >= 0.3 is 5.97 Å². The maximum Gasteiger partial charge on any atom is 0.340 e. The molecule has 8 nitrogen and oxygen atoms in total. The van der Waals surface area contributed by atoms with E-state index >= 15 is 0 Å². The van der Waals surface area contributed by atoms with E-state index in [0.717, 1.165) is 18.7 Å². The van der Waals surface area contributed by atoms with Gasteiger partial charge in [0.25, 0.3) is 5.91 Å². The molecule has 0 spiro atoms. The highest BCUT2D eigenvalue weighted by atomic mass is 16.5. The lowest BCUT2D eigenvalue weighted by molar-refractivity contribution is -0.144. The molecule has 3 rings (SSSR count). The Kier molecular flexibility index (Phi) is 5.39. The van der Waals surface area contributed by atoms with Crippen molar-refractivity contribution in [3.05, 3.63) is 23.9 Å². The van der Waals surface area contributed by atoms with Crippen LogP contribution < -0.4 is 5.32 Å². The van der Waals surface area contributed by atoms with Crippen LogP contribution in [0.1, 0.15) is 37.0 Å². The van der Waals surface area contributed by atoms with Crippen LogP contribution in [0.4, 0.5) is 5.82 Å². The molecule has 2 aliphatic rings. The number of anilines is 1. The minimum atomic E-state index is -0.879.